The Morgan fingerprint density at radius 2 is 0.462 bits per heavy atom. The summed E-state index contributed by atoms with van der Waals surface area (Å²) in [6, 6.07) is 145. The topological polar surface area (TPSA) is 32.3 Å². The lowest BCUT2D eigenvalue weighted by molar-refractivity contribution is 0.660. The van der Waals surface area contributed by atoms with Gasteiger partial charge in [-0.3, -0.25) is 9.97 Å². The van der Waals surface area contributed by atoms with Gasteiger partial charge in [-0.2, -0.15) is 0 Å². The Morgan fingerprint density at radius 3 is 0.863 bits per heavy atom. The minimum absolute atomic E-state index is 0.0512. The number of rotatable bonds is 11. The van der Waals surface area contributed by atoms with Crippen LogP contribution in [0.15, 0.2) is 413 Å². The molecule has 0 radical (unpaired) electrons. The van der Waals surface area contributed by atoms with Crippen molar-refractivity contribution in [1.82, 2.24) is 9.97 Å². The average Bonchev–Trinajstić information content (AvgIpc) is 1.58. The van der Waals surface area contributed by atoms with Crippen molar-refractivity contribution in [3.05, 3.63) is 446 Å². The Balaban J connectivity index is 0.000000123. The second kappa shape index (κ2) is 29.3. The second-order valence-corrected chi connectivity index (χ2v) is 32.8. The fraction of sp³-hybridized carbons (Fsp3) is 0.0796. The van der Waals surface area contributed by atoms with Crippen LogP contribution in [0.25, 0.3) is 132 Å². The van der Waals surface area contributed by atoms with Gasteiger partial charge in [0.1, 0.15) is 0 Å². The molecule has 3 aliphatic carbocycles. The molecule has 17 aromatic carbocycles. The predicted octanol–water partition coefficient (Wildman–Crippen LogP) is 30.7. The summed E-state index contributed by atoms with van der Waals surface area (Å²) in [6.45, 7) is 14.1. The largest absolute Gasteiger partial charge is 0.310 e. The van der Waals surface area contributed by atoms with E-state index in [1.165, 1.54) is 144 Å². The minimum Gasteiger partial charge on any atom is -0.310 e. The molecule has 0 N–H and O–H groups in total. The van der Waals surface area contributed by atoms with Gasteiger partial charge < -0.3 is 9.80 Å². The molecule has 2 heterocycles. The number of anilines is 6. The molecule has 2 aromatic heterocycles. The molecule has 0 unspecified atom stereocenters. The number of pyridine rings is 2. The minimum atomic E-state index is -0.0700. The maximum Gasteiger partial charge on any atom is 0.0970 e. The van der Waals surface area contributed by atoms with Crippen LogP contribution in [0.3, 0.4) is 0 Å². The molecule has 19 aromatic rings. The molecule has 0 amide bonds. The average molecular weight is 1500 g/mol. The molecule has 0 fully saturated rings. The Bertz CT molecular complexity index is 6580. The van der Waals surface area contributed by atoms with Gasteiger partial charge in [-0.1, -0.05) is 333 Å². The molecule has 4 nitrogen and oxygen atoms in total. The van der Waals surface area contributed by atoms with E-state index in [-0.39, 0.29) is 16.2 Å². The van der Waals surface area contributed by atoms with Crippen molar-refractivity contribution in [2.24, 2.45) is 0 Å². The highest BCUT2D eigenvalue weighted by molar-refractivity contribution is 6.12. The molecule has 0 saturated heterocycles. The zero-order valence-corrected chi connectivity index (χ0v) is 66.5. The smallest absolute Gasteiger partial charge is 0.0970 e. The summed E-state index contributed by atoms with van der Waals surface area (Å²) in [7, 11) is 0. The van der Waals surface area contributed by atoms with E-state index >= 15 is 0 Å². The van der Waals surface area contributed by atoms with Crippen molar-refractivity contribution in [3.63, 3.8) is 0 Å². The lowest BCUT2D eigenvalue weighted by Crippen LogP contribution is -2.16. The van der Waals surface area contributed by atoms with Crippen LogP contribution in [0.4, 0.5) is 34.1 Å². The van der Waals surface area contributed by atoms with Crippen LogP contribution in [-0.2, 0) is 16.2 Å². The van der Waals surface area contributed by atoms with E-state index in [2.05, 4.69) is 450 Å². The normalized spacial score (nSPS) is 13.2. The van der Waals surface area contributed by atoms with Crippen LogP contribution >= 0.6 is 0 Å². The van der Waals surface area contributed by atoms with Gasteiger partial charge in [0, 0.05) is 73.5 Å². The number of benzene rings is 17. The fourth-order valence-electron chi connectivity index (χ4n) is 18.7. The number of hydrogen-bond acceptors (Lipinski definition) is 4. The zero-order chi connectivity index (χ0) is 78.9. The molecule has 117 heavy (non-hydrogen) atoms. The van der Waals surface area contributed by atoms with Crippen LogP contribution in [-0.4, -0.2) is 9.97 Å². The van der Waals surface area contributed by atoms with Crippen molar-refractivity contribution in [2.75, 3.05) is 9.80 Å². The SMILES string of the molecule is CC1(C)c2cc(-c3ccc4ccccc4c3)ccc2-c2ccc(-c3ccc4ccccc4c3)cc21.CC1(C)c2ccccc2-c2ccc(N(c3ccccc3)c3ccc(-c4ccc(N(c5ccccc5)c5ccc6c(c5)C(C)(C)c5ccccc5-6)cc4)cc3)cc21.c1ccc(-c2ccnc3c2ccc2c(-c4ccccc4)ccnc23)cc1. The second-order valence-electron chi connectivity index (χ2n) is 32.8. The van der Waals surface area contributed by atoms with E-state index in [1.54, 1.807) is 0 Å². The van der Waals surface area contributed by atoms with Crippen molar-refractivity contribution in [3.8, 4) is 89.0 Å². The van der Waals surface area contributed by atoms with Gasteiger partial charge in [-0.05, 0) is 253 Å². The molecular formula is C113H86N4. The van der Waals surface area contributed by atoms with Crippen LogP contribution in [0, 0.1) is 0 Å². The number of nitrogens with zero attached hydrogens (tertiary/aromatic N) is 4. The van der Waals surface area contributed by atoms with E-state index in [0.717, 1.165) is 55.9 Å². The first-order valence-electron chi connectivity index (χ1n) is 40.7. The number of fused-ring (bicyclic) bond motifs is 14. The van der Waals surface area contributed by atoms with Crippen LogP contribution < -0.4 is 9.80 Å². The van der Waals surface area contributed by atoms with E-state index in [9.17, 15) is 0 Å². The van der Waals surface area contributed by atoms with Gasteiger partial charge in [0.2, 0.25) is 0 Å². The molecule has 0 saturated carbocycles. The van der Waals surface area contributed by atoms with E-state index < -0.39 is 0 Å². The quantitative estimate of drug-likeness (QED) is 0.121. The molecule has 0 atom stereocenters. The van der Waals surface area contributed by atoms with Gasteiger partial charge in [0.15, 0.2) is 0 Å². The summed E-state index contributed by atoms with van der Waals surface area (Å²) in [4.78, 5) is 14.1. The Kier molecular flexibility index (Phi) is 17.9. The Hall–Kier alpha value is -14.3. The summed E-state index contributed by atoms with van der Waals surface area (Å²) in [6.07, 6.45) is 3.75. The summed E-state index contributed by atoms with van der Waals surface area (Å²) in [5.41, 5.74) is 37.2. The van der Waals surface area contributed by atoms with Gasteiger partial charge in [-0.15, -0.1) is 0 Å². The van der Waals surface area contributed by atoms with Crippen molar-refractivity contribution in [2.45, 2.75) is 57.8 Å². The Morgan fingerprint density at radius 1 is 0.179 bits per heavy atom. The van der Waals surface area contributed by atoms with Gasteiger partial charge in [-0.25, -0.2) is 0 Å². The summed E-state index contributed by atoms with van der Waals surface area (Å²) < 4.78 is 0. The van der Waals surface area contributed by atoms with Gasteiger partial charge in [0.05, 0.1) is 11.0 Å². The van der Waals surface area contributed by atoms with Crippen molar-refractivity contribution >= 4 is 77.5 Å². The third-order valence-corrected chi connectivity index (χ3v) is 24.9. The summed E-state index contributed by atoms with van der Waals surface area (Å²) in [5, 5.41) is 7.40. The number of aromatic nitrogens is 2. The molecule has 558 valence electrons. The molecule has 0 bridgehead atoms. The lowest BCUT2D eigenvalue weighted by atomic mass is 9.80. The molecule has 0 spiro atoms. The number of para-hydroxylation sites is 2. The first-order valence-corrected chi connectivity index (χ1v) is 40.7. The fourth-order valence-corrected chi connectivity index (χ4v) is 18.7. The third-order valence-electron chi connectivity index (χ3n) is 24.9. The van der Waals surface area contributed by atoms with E-state index in [4.69, 9.17) is 0 Å². The molecule has 22 rings (SSSR count). The highest BCUT2D eigenvalue weighted by Gasteiger charge is 2.39. The maximum atomic E-state index is 4.67. The molecule has 4 heteroatoms. The lowest BCUT2D eigenvalue weighted by Gasteiger charge is -2.28. The third kappa shape index (κ3) is 12.8. The summed E-state index contributed by atoms with van der Waals surface area (Å²) in [5.74, 6) is 0. The van der Waals surface area contributed by atoms with Gasteiger partial charge >= 0.3 is 0 Å². The highest BCUT2D eigenvalue weighted by atomic mass is 15.1. The molecular weight excluding hydrogens is 1410 g/mol. The molecule has 0 aliphatic heterocycles. The van der Waals surface area contributed by atoms with E-state index in [0.29, 0.717) is 0 Å². The zero-order valence-electron chi connectivity index (χ0n) is 66.5. The van der Waals surface area contributed by atoms with Crippen LogP contribution in [0.5, 0.6) is 0 Å². The highest BCUT2D eigenvalue weighted by Crippen LogP contribution is 2.55. The van der Waals surface area contributed by atoms with Crippen LogP contribution in [0.1, 0.15) is 74.9 Å². The first kappa shape index (κ1) is 71.7. The van der Waals surface area contributed by atoms with E-state index in [1.807, 2.05) is 24.5 Å². The van der Waals surface area contributed by atoms with Crippen molar-refractivity contribution in [1.29, 1.82) is 0 Å². The monoisotopic (exact) mass is 1500 g/mol. The van der Waals surface area contributed by atoms with Gasteiger partial charge in [0.25, 0.3) is 0 Å². The predicted molar refractivity (Wildman–Crippen MR) is 494 cm³/mol. The Labute approximate surface area is 685 Å². The van der Waals surface area contributed by atoms with Crippen molar-refractivity contribution < 1.29 is 0 Å². The molecule has 3 aliphatic rings. The standard InChI is InChI=1S/C54H44N2.C35H26.C24H16N2/c1-53(2)49-21-13-11-19-45(49)47-33-31-43(35-51(47)53)55(39-15-7-5-8-16-39)41-27-23-37(24-28-41)38-25-29-42(30-26-38)56(40-17-9-6-10-18-40)44-32-34-48-46-20-12-14-22-50(46)54(3,4)52(48)36-44;1-35(2)33-21-29(27-13-11-23-7-3-5-9-25(23)19-27)15-17-31(33)32-18-16-30(22-34(32)35)28-14-12-24-8-4-6-10-26(24)20-28;1-3-7-17(8-4-1)19-13-15-25-23-21(19)11-12-22-20(14-16-26-24(22)23)18-9-5-2-6-10-18/h5-36H,1-4H3;3-22H,1-2H3;1-16H. The number of hydrogen-bond donors (Lipinski definition) is 0. The van der Waals surface area contributed by atoms with Crippen LogP contribution in [0.2, 0.25) is 0 Å². The summed E-state index contributed by atoms with van der Waals surface area (Å²) >= 11 is 0. The first-order chi connectivity index (χ1) is 57.3. The maximum absolute atomic E-state index is 4.67.